The molecule has 0 saturated heterocycles. The minimum Gasteiger partial charge on any atom is -0.466 e. The number of esters is 2. The first-order chi connectivity index (χ1) is 7.45. The molecule has 0 amide bonds. The lowest BCUT2D eigenvalue weighted by Gasteiger charge is -2.26. The van der Waals surface area contributed by atoms with E-state index in [0.29, 0.717) is 13.2 Å². The van der Waals surface area contributed by atoms with Gasteiger partial charge in [0.25, 0.3) is 0 Å². The Balaban J connectivity index is 4.64. The second-order valence-corrected chi connectivity index (χ2v) is 3.70. The largest absolute Gasteiger partial charge is 0.466 e. The summed E-state index contributed by atoms with van der Waals surface area (Å²) in [5.74, 6) is -1.31. The fourth-order valence-electron chi connectivity index (χ4n) is 1.49. The van der Waals surface area contributed by atoms with Crippen LogP contribution in [0.15, 0.2) is 0 Å². The van der Waals surface area contributed by atoms with Gasteiger partial charge in [-0.25, -0.2) is 0 Å². The van der Waals surface area contributed by atoms with Crippen molar-refractivity contribution in [2.24, 2.45) is 5.92 Å². The third-order valence-corrected chi connectivity index (χ3v) is 2.22. The van der Waals surface area contributed by atoms with Crippen LogP contribution in [0.2, 0.25) is 0 Å². The molecule has 2 atom stereocenters. The lowest BCUT2D eigenvalue weighted by atomic mass is 10.0. The molecule has 5 heteroatoms. The average molecular weight is 231 g/mol. The van der Waals surface area contributed by atoms with E-state index in [9.17, 15) is 9.59 Å². The van der Waals surface area contributed by atoms with Gasteiger partial charge in [-0.1, -0.05) is 0 Å². The van der Waals surface area contributed by atoms with Crippen molar-refractivity contribution in [3.8, 4) is 0 Å². The van der Waals surface area contributed by atoms with Crippen molar-refractivity contribution in [2.45, 2.75) is 26.8 Å². The first kappa shape index (κ1) is 14.9. The predicted molar refractivity (Wildman–Crippen MR) is 59.9 cm³/mol. The molecule has 0 N–H and O–H groups in total. The Morgan fingerprint density at radius 1 is 1.06 bits per heavy atom. The predicted octanol–water partition coefficient (Wildman–Crippen LogP) is 0.679. The smallest absolute Gasteiger partial charge is 0.324 e. The summed E-state index contributed by atoms with van der Waals surface area (Å²) in [5.41, 5.74) is 0. The highest BCUT2D eigenvalue weighted by molar-refractivity contribution is 5.84. The van der Waals surface area contributed by atoms with E-state index in [-0.39, 0.29) is 5.97 Å². The summed E-state index contributed by atoms with van der Waals surface area (Å²) >= 11 is 0. The molecule has 0 aromatic carbocycles. The normalized spacial score (nSPS) is 14.4. The zero-order chi connectivity index (χ0) is 12.7. The maximum atomic E-state index is 11.7. The molecular formula is C11H21NO4. The van der Waals surface area contributed by atoms with Crippen LogP contribution in [0.4, 0.5) is 0 Å². The first-order valence-corrected chi connectivity index (χ1v) is 5.45. The Morgan fingerprint density at radius 2 is 1.50 bits per heavy atom. The van der Waals surface area contributed by atoms with E-state index in [4.69, 9.17) is 9.47 Å². The minimum absolute atomic E-state index is 0.304. The SMILES string of the molecule is CCOC(=O)C(C)C(C(=O)OCC)N(C)C. The van der Waals surface area contributed by atoms with Crippen LogP contribution in [0, 0.1) is 5.92 Å². The van der Waals surface area contributed by atoms with E-state index in [1.54, 1.807) is 39.8 Å². The summed E-state index contributed by atoms with van der Waals surface area (Å²) < 4.78 is 9.82. The van der Waals surface area contributed by atoms with Gasteiger partial charge in [-0.2, -0.15) is 0 Å². The molecule has 0 spiro atoms. The molecular weight excluding hydrogens is 210 g/mol. The maximum Gasteiger partial charge on any atom is 0.324 e. The summed E-state index contributed by atoms with van der Waals surface area (Å²) in [7, 11) is 3.47. The summed E-state index contributed by atoms with van der Waals surface area (Å²) in [6.45, 7) is 5.75. The van der Waals surface area contributed by atoms with Gasteiger partial charge in [0, 0.05) is 0 Å². The summed E-state index contributed by atoms with van der Waals surface area (Å²) in [5, 5.41) is 0. The van der Waals surface area contributed by atoms with Crippen molar-refractivity contribution < 1.29 is 19.1 Å². The van der Waals surface area contributed by atoms with Gasteiger partial charge in [0.05, 0.1) is 19.1 Å². The van der Waals surface area contributed by atoms with Crippen LogP contribution in [0.3, 0.4) is 0 Å². The van der Waals surface area contributed by atoms with Gasteiger partial charge < -0.3 is 9.47 Å². The van der Waals surface area contributed by atoms with Crippen molar-refractivity contribution in [3.63, 3.8) is 0 Å². The lowest BCUT2D eigenvalue weighted by Crippen LogP contribution is -2.45. The van der Waals surface area contributed by atoms with Gasteiger partial charge in [0.1, 0.15) is 6.04 Å². The monoisotopic (exact) mass is 231 g/mol. The Labute approximate surface area is 96.7 Å². The minimum atomic E-state index is -0.598. The number of likely N-dealkylation sites (N-methyl/N-ethyl adjacent to an activating group) is 1. The van der Waals surface area contributed by atoms with E-state index in [0.717, 1.165) is 0 Å². The lowest BCUT2D eigenvalue weighted by molar-refractivity contribution is -0.160. The van der Waals surface area contributed by atoms with Crippen molar-refractivity contribution >= 4 is 11.9 Å². The molecule has 2 unspecified atom stereocenters. The Kier molecular flexibility index (Phi) is 6.72. The summed E-state index contributed by atoms with van der Waals surface area (Å²) in [6, 6.07) is -0.598. The van der Waals surface area contributed by atoms with Crippen LogP contribution in [0.5, 0.6) is 0 Å². The highest BCUT2D eigenvalue weighted by Gasteiger charge is 2.33. The molecule has 0 saturated carbocycles. The van der Waals surface area contributed by atoms with E-state index in [1.807, 2.05) is 0 Å². The van der Waals surface area contributed by atoms with Crippen molar-refractivity contribution in [3.05, 3.63) is 0 Å². The van der Waals surface area contributed by atoms with Crippen LogP contribution >= 0.6 is 0 Å². The van der Waals surface area contributed by atoms with E-state index in [2.05, 4.69) is 0 Å². The molecule has 94 valence electrons. The number of hydrogen-bond acceptors (Lipinski definition) is 5. The number of hydrogen-bond donors (Lipinski definition) is 0. The molecule has 0 radical (unpaired) electrons. The van der Waals surface area contributed by atoms with E-state index >= 15 is 0 Å². The van der Waals surface area contributed by atoms with Crippen LogP contribution in [0.25, 0.3) is 0 Å². The highest BCUT2D eigenvalue weighted by Crippen LogP contribution is 2.12. The number of carbonyl (C=O) groups excluding carboxylic acids is 2. The average Bonchev–Trinajstić information content (AvgIpc) is 2.17. The molecule has 0 aromatic rings. The Bertz CT molecular complexity index is 240. The number of nitrogens with zero attached hydrogens (tertiary/aromatic N) is 1. The first-order valence-electron chi connectivity index (χ1n) is 5.45. The third-order valence-electron chi connectivity index (χ3n) is 2.22. The summed E-state index contributed by atoms with van der Waals surface area (Å²) in [4.78, 5) is 24.9. The van der Waals surface area contributed by atoms with Crippen molar-refractivity contribution in [2.75, 3.05) is 27.3 Å². The zero-order valence-electron chi connectivity index (χ0n) is 10.6. The second-order valence-electron chi connectivity index (χ2n) is 3.70. The van der Waals surface area contributed by atoms with Gasteiger partial charge in [-0.15, -0.1) is 0 Å². The van der Waals surface area contributed by atoms with Gasteiger partial charge in [-0.05, 0) is 34.9 Å². The van der Waals surface area contributed by atoms with Crippen LogP contribution < -0.4 is 0 Å². The third kappa shape index (κ3) is 4.18. The molecule has 0 aliphatic rings. The van der Waals surface area contributed by atoms with Gasteiger partial charge in [-0.3, -0.25) is 14.5 Å². The van der Waals surface area contributed by atoms with E-state index < -0.39 is 17.9 Å². The number of carbonyl (C=O) groups is 2. The molecule has 0 bridgehead atoms. The maximum absolute atomic E-state index is 11.7. The Morgan fingerprint density at radius 3 is 1.88 bits per heavy atom. The van der Waals surface area contributed by atoms with E-state index in [1.165, 1.54) is 0 Å². The van der Waals surface area contributed by atoms with Crippen LogP contribution in [0.1, 0.15) is 20.8 Å². The number of rotatable bonds is 6. The molecule has 0 aliphatic heterocycles. The summed E-state index contributed by atoms with van der Waals surface area (Å²) in [6.07, 6.45) is 0. The molecule has 0 rings (SSSR count). The molecule has 0 heterocycles. The fourth-order valence-corrected chi connectivity index (χ4v) is 1.49. The standard InChI is InChI=1S/C11H21NO4/c1-6-15-10(13)8(3)9(12(4)5)11(14)16-7-2/h8-9H,6-7H2,1-5H3. The Hall–Kier alpha value is -1.10. The highest BCUT2D eigenvalue weighted by atomic mass is 16.5. The topological polar surface area (TPSA) is 55.8 Å². The molecule has 0 aromatic heterocycles. The van der Waals surface area contributed by atoms with Crippen molar-refractivity contribution in [1.82, 2.24) is 4.90 Å². The van der Waals surface area contributed by atoms with Gasteiger partial charge in [0.2, 0.25) is 0 Å². The van der Waals surface area contributed by atoms with Crippen LogP contribution in [-0.4, -0.2) is 50.2 Å². The van der Waals surface area contributed by atoms with Crippen molar-refractivity contribution in [1.29, 1.82) is 0 Å². The van der Waals surface area contributed by atoms with Crippen LogP contribution in [-0.2, 0) is 19.1 Å². The quantitative estimate of drug-likeness (QED) is 0.629. The molecule has 0 aliphatic carbocycles. The van der Waals surface area contributed by atoms with Gasteiger partial charge >= 0.3 is 11.9 Å². The number of ether oxygens (including phenoxy) is 2. The fraction of sp³-hybridized carbons (Fsp3) is 0.818. The molecule has 16 heavy (non-hydrogen) atoms. The second kappa shape index (κ2) is 7.22. The molecule has 5 nitrogen and oxygen atoms in total. The molecule has 0 fully saturated rings. The zero-order valence-corrected chi connectivity index (χ0v) is 10.6. The van der Waals surface area contributed by atoms with Gasteiger partial charge in [0.15, 0.2) is 0 Å².